The molecule has 0 fully saturated rings. The highest BCUT2D eigenvalue weighted by atomic mass is 16.5. The van der Waals surface area contributed by atoms with Crippen molar-refractivity contribution in [3.05, 3.63) is 29.8 Å². The molecule has 0 aliphatic carbocycles. The van der Waals surface area contributed by atoms with E-state index in [9.17, 15) is 4.79 Å². The summed E-state index contributed by atoms with van der Waals surface area (Å²) in [6, 6.07) is 7.27. The number of methoxy groups -OCH3 is 1. The van der Waals surface area contributed by atoms with Gasteiger partial charge in [0.15, 0.2) is 5.78 Å². The van der Waals surface area contributed by atoms with Gasteiger partial charge in [0.2, 0.25) is 0 Å². The number of hydrogen-bond donors (Lipinski definition) is 0. The summed E-state index contributed by atoms with van der Waals surface area (Å²) in [7, 11) is 1.52. The normalized spacial score (nSPS) is 10.5. The van der Waals surface area contributed by atoms with Gasteiger partial charge in [-0.3, -0.25) is 4.79 Å². The number of carbonyl (C=O) groups is 1. The van der Waals surface area contributed by atoms with Crippen LogP contribution in [0.4, 0.5) is 0 Å². The highest BCUT2D eigenvalue weighted by molar-refractivity contribution is 5.97. The molecule has 0 saturated heterocycles. The first kappa shape index (κ1) is 16.7. The standard InChI is InChI=1S/C17H26O3/c1-3-4-5-6-7-8-13-20-16-11-9-15(10-12-16)17(18)14-19-2/h9-12H,3-8,13-14H2,1-2H3. The quantitative estimate of drug-likeness (QED) is 0.448. The van der Waals surface area contributed by atoms with E-state index in [1.165, 1.54) is 39.2 Å². The SMILES string of the molecule is CCCCCCCCOc1ccc(C(=O)COC)cc1. The summed E-state index contributed by atoms with van der Waals surface area (Å²) < 4.78 is 10.5. The molecule has 112 valence electrons. The molecule has 0 amide bonds. The third-order valence-corrected chi connectivity index (χ3v) is 3.22. The molecule has 0 aromatic heterocycles. The molecule has 0 spiro atoms. The average Bonchev–Trinajstić information content (AvgIpc) is 2.47. The van der Waals surface area contributed by atoms with Crippen LogP contribution in [0.2, 0.25) is 0 Å². The van der Waals surface area contributed by atoms with Gasteiger partial charge < -0.3 is 9.47 Å². The monoisotopic (exact) mass is 278 g/mol. The molecule has 0 unspecified atom stereocenters. The lowest BCUT2D eigenvalue weighted by molar-refractivity contribution is 0.0848. The number of carbonyl (C=O) groups excluding carboxylic acids is 1. The first-order valence-corrected chi connectivity index (χ1v) is 7.53. The van der Waals surface area contributed by atoms with Crippen molar-refractivity contribution in [2.24, 2.45) is 0 Å². The summed E-state index contributed by atoms with van der Waals surface area (Å²) in [4.78, 5) is 11.6. The summed E-state index contributed by atoms with van der Waals surface area (Å²) >= 11 is 0. The molecule has 1 rings (SSSR count). The van der Waals surface area contributed by atoms with Gasteiger partial charge in [-0.1, -0.05) is 39.0 Å². The molecular formula is C17H26O3. The predicted octanol–water partition coefficient (Wildman–Crippen LogP) is 4.26. The van der Waals surface area contributed by atoms with E-state index in [2.05, 4.69) is 6.92 Å². The van der Waals surface area contributed by atoms with Gasteiger partial charge in [-0.05, 0) is 30.7 Å². The van der Waals surface area contributed by atoms with Crippen LogP contribution in [-0.2, 0) is 4.74 Å². The van der Waals surface area contributed by atoms with Crippen LogP contribution in [0.3, 0.4) is 0 Å². The third kappa shape index (κ3) is 6.71. The maximum absolute atomic E-state index is 11.6. The minimum Gasteiger partial charge on any atom is -0.494 e. The second-order valence-electron chi connectivity index (χ2n) is 5.00. The molecule has 1 aromatic rings. The third-order valence-electron chi connectivity index (χ3n) is 3.22. The summed E-state index contributed by atoms with van der Waals surface area (Å²) in [5, 5.41) is 0. The lowest BCUT2D eigenvalue weighted by Gasteiger charge is -2.07. The number of Topliss-reactive ketones (excluding diaryl/α,β-unsaturated/α-hetero) is 1. The Balaban J connectivity index is 2.20. The van der Waals surface area contributed by atoms with E-state index >= 15 is 0 Å². The first-order valence-electron chi connectivity index (χ1n) is 7.53. The maximum atomic E-state index is 11.6. The van der Waals surface area contributed by atoms with Crippen molar-refractivity contribution in [1.82, 2.24) is 0 Å². The molecule has 0 heterocycles. The highest BCUT2D eigenvalue weighted by Crippen LogP contribution is 2.14. The van der Waals surface area contributed by atoms with E-state index < -0.39 is 0 Å². The highest BCUT2D eigenvalue weighted by Gasteiger charge is 2.04. The molecule has 20 heavy (non-hydrogen) atoms. The van der Waals surface area contributed by atoms with E-state index in [1.54, 1.807) is 12.1 Å². The Morgan fingerprint density at radius 3 is 2.30 bits per heavy atom. The van der Waals surface area contributed by atoms with Gasteiger partial charge >= 0.3 is 0 Å². The van der Waals surface area contributed by atoms with E-state index in [-0.39, 0.29) is 12.4 Å². The van der Waals surface area contributed by atoms with Crippen LogP contribution >= 0.6 is 0 Å². The Kier molecular flexibility index (Phi) is 8.72. The minimum atomic E-state index is -0.00465. The van der Waals surface area contributed by atoms with Crippen molar-refractivity contribution in [1.29, 1.82) is 0 Å². The zero-order valence-electron chi connectivity index (χ0n) is 12.7. The smallest absolute Gasteiger partial charge is 0.188 e. The van der Waals surface area contributed by atoms with Gasteiger partial charge in [0.25, 0.3) is 0 Å². The molecule has 0 saturated carbocycles. The van der Waals surface area contributed by atoms with Crippen LogP contribution in [0, 0.1) is 0 Å². The fourth-order valence-corrected chi connectivity index (χ4v) is 2.02. The zero-order chi connectivity index (χ0) is 14.6. The average molecular weight is 278 g/mol. The van der Waals surface area contributed by atoms with Crippen molar-refractivity contribution >= 4 is 5.78 Å². The van der Waals surface area contributed by atoms with Crippen LogP contribution in [0.15, 0.2) is 24.3 Å². The van der Waals surface area contributed by atoms with E-state index in [0.29, 0.717) is 5.56 Å². The molecule has 0 atom stereocenters. The van der Waals surface area contributed by atoms with E-state index in [1.807, 2.05) is 12.1 Å². The van der Waals surface area contributed by atoms with Gasteiger partial charge in [0.1, 0.15) is 12.4 Å². The van der Waals surface area contributed by atoms with Crippen molar-refractivity contribution in [3.63, 3.8) is 0 Å². The molecule has 3 heteroatoms. The topological polar surface area (TPSA) is 35.5 Å². The van der Waals surface area contributed by atoms with Gasteiger partial charge in [0.05, 0.1) is 6.61 Å². The second-order valence-corrected chi connectivity index (χ2v) is 5.00. The van der Waals surface area contributed by atoms with Crippen molar-refractivity contribution in [2.45, 2.75) is 45.4 Å². The summed E-state index contributed by atoms with van der Waals surface area (Å²) in [5.41, 5.74) is 0.666. The Bertz CT molecular complexity index is 370. The van der Waals surface area contributed by atoms with Crippen molar-refractivity contribution in [2.75, 3.05) is 20.3 Å². The van der Waals surface area contributed by atoms with Gasteiger partial charge in [-0.2, -0.15) is 0 Å². The maximum Gasteiger partial charge on any atom is 0.188 e. The molecule has 0 aliphatic rings. The lowest BCUT2D eigenvalue weighted by Crippen LogP contribution is -2.06. The van der Waals surface area contributed by atoms with Crippen molar-refractivity contribution in [3.8, 4) is 5.75 Å². The Labute approximate surface area is 122 Å². The summed E-state index contributed by atoms with van der Waals surface area (Å²) in [5.74, 6) is 0.822. The molecular weight excluding hydrogens is 252 g/mol. The van der Waals surface area contributed by atoms with Crippen LogP contribution < -0.4 is 4.74 Å². The molecule has 0 radical (unpaired) electrons. The number of ether oxygens (including phenoxy) is 2. The lowest BCUT2D eigenvalue weighted by atomic mass is 10.1. The van der Waals surface area contributed by atoms with Crippen LogP contribution in [0.5, 0.6) is 5.75 Å². The molecule has 3 nitrogen and oxygen atoms in total. The molecule has 0 bridgehead atoms. The number of unbranched alkanes of at least 4 members (excludes halogenated alkanes) is 5. The largest absolute Gasteiger partial charge is 0.494 e. The Morgan fingerprint density at radius 1 is 1.00 bits per heavy atom. The summed E-state index contributed by atoms with van der Waals surface area (Å²) in [6.07, 6.45) is 7.55. The summed E-state index contributed by atoms with van der Waals surface area (Å²) in [6.45, 7) is 3.10. The van der Waals surface area contributed by atoms with Gasteiger partial charge in [-0.25, -0.2) is 0 Å². The fraction of sp³-hybridized carbons (Fsp3) is 0.588. The molecule has 0 aliphatic heterocycles. The minimum absolute atomic E-state index is 0.00465. The van der Waals surface area contributed by atoms with Crippen LogP contribution in [-0.4, -0.2) is 26.1 Å². The predicted molar refractivity (Wildman–Crippen MR) is 81.5 cm³/mol. The second kappa shape index (κ2) is 10.4. The molecule has 1 aromatic carbocycles. The Morgan fingerprint density at radius 2 is 1.65 bits per heavy atom. The van der Waals surface area contributed by atoms with E-state index in [4.69, 9.17) is 9.47 Å². The zero-order valence-corrected chi connectivity index (χ0v) is 12.7. The number of hydrogen-bond acceptors (Lipinski definition) is 3. The van der Waals surface area contributed by atoms with E-state index in [0.717, 1.165) is 18.8 Å². The van der Waals surface area contributed by atoms with Crippen LogP contribution in [0.25, 0.3) is 0 Å². The Hall–Kier alpha value is -1.35. The van der Waals surface area contributed by atoms with Gasteiger partial charge in [-0.15, -0.1) is 0 Å². The van der Waals surface area contributed by atoms with Crippen molar-refractivity contribution < 1.29 is 14.3 Å². The number of ketones is 1. The number of rotatable bonds is 11. The van der Waals surface area contributed by atoms with Crippen LogP contribution in [0.1, 0.15) is 55.8 Å². The van der Waals surface area contributed by atoms with Gasteiger partial charge in [0, 0.05) is 12.7 Å². The fourth-order valence-electron chi connectivity index (χ4n) is 2.02. The number of benzene rings is 1. The first-order chi connectivity index (χ1) is 9.77. The molecule has 0 N–H and O–H groups in total.